The molecule has 1 amide bonds. The number of nitrogens with one attached hydrogen (secondary N) is 1. The lowest BCUT2D eigenvalue weighted by Gasteiger charge is -2.31. The zero-order valence-electron chi connectivity index (χ0n) is 14.5. The first-order chi connectivity index (χ1) is 12.3. The van der Waals surface area contributed by atoms with Crippen molar-refractivity contribution in [1.29, 1.82) is 0 Å². The highest BCUT2D eigenvalue weighted by molar-refractivity contribution is 9.10. The summed E-state index contributed by atoms with van der Waals surface area (Å²) in [6, 6.07) is 13.1. The Morgan fingerprint density at radius 3 is 2.62 bits per heavy atom. The summed E-state index contributed by atoms with van der Waals surface area (Å²) in [4.78, 5) is 14.6. The van der Waals surface area contributed by atoms with Crippen molar-refractivity contribution < 1.29 is 13.2 Å². The van der Waals surface area contributed by atoms with Crippen molar-refractivity contribution in [2.75, 3.05) is 17.8 Å². The number of carbonyl (C=O) groups excluding carboxylic acids is 1. The normalized spacial score (nSPS) is 17.8. The van der Waals surface area contributed by atoms with E-state index in [2.05, 4.69) is 27.6 Å². The van der Waals surface area contributed by atoms with Crippen LogP contribution in [0, 0.1) is 5.92 Å². The molecule has 1 N–H and O–H groups in total. The van der Waals surface area contributed by atoms with Gasteiger partial charge in [-0.05, 0) is 61.2 Å². The standard InChI is InChI=1S/C19H21BrN2O3S/c1-14-4-3-11-22(13-14)19(23)15-5-2-6-18(12-15)26(24,25)21-17-9-7-16(20)8-10-17/h2,5-10,12,14,21H,3-4,11,13H2,1H3. The van der Waals surface area contributed by atoms with Crippen LogP contribution < -0.4 is 4.72 Å². The Hall–Kier alpha value is -1.86. The fraction of sp³-hybridized carbons (Fsp3) is 0.316. The minimum absolute atomic E-state index is 0.0799. The summed E-state index contributed by atoms with van der Waals surface area (Å²) in [6.07, 6.45) is 2.10. The van der Waals surface area contributed by atoms with Crippen molar-refractivity contribution in [2.24, 2.45) is 5.92 Å². The number of sulfonamides is 1. The van der Waals surface area contributed by atoms with Crippen molar-refractivity contribution in [3.8, 4) is 0 Å². The highest BCUT2D eigenvalue weighted by Gasteiger charge is 2.23. The maximum Gasteiger partial charge on any atom is 0.261 e. The van der Waals surface area contributed by atoms with Crippen LogP contribution in [0.1, 0.15) is 30.1 Å². The number of piperidine rings is 1. The van der Waals surface area contributed by atoms with Crippen LogP contribution in [0.3, 0.4) is 0 Å². The Labute approximate surface area is 162 Å². The first-order valence-corrected chi connectivity index (χ1v) is 10.8. The first kappa shape index (κ1) is 18.9. The molecule has 0 saturated carbocycles. The monoisotopic (exact) mass is 436 g/mol. The van der Waals surface area contributed by atoms with E-state index in [1.165, 1.54) is 12.1 Å². The van der Waals surface area contributed by atoms with Gasteiger partial charge in [-0.3, -0.25) is 9.52 Å². The molecule has 1 saturated heterocycles. The van der Waals surface area contributed by atoms with Gasteiger partial charge in [-0.25, -0.2) is 8.42 Å². The van der Waals surface area contributed by atoms with Crippen LogP contribution in [-0.4, -0.2) is 32.3 Å². The Kier molecular flexibility index (Phi) is 5.67. The minimum atomic E-state index is -3.76. The topological polar surface area (TPSA) is 66.5 Å². The second-order valence-corrected chi connectivity index (χ2v) is 9.24. The summed E-state index contributed by atoms with van der Waals surface area (Å²) in [5.41, 5.74) is 0.868. The van der Waals surface area contributed by atoms with Crippen molar-refractivity contribution in [3.05, 3.63) is 58.6 Å². The summed E-state index contributed by atoms with van der Waals surface area (Å²) in [5, 5.41) is 0. The molecule has 138 valence electrons. The molecule has 0 bridgehead atoms. The van der Waals surface area contributed by atoms with Gasteiger partial charge in [-0.15, -0.1) is 0 Å². The SMILES string of the molecule is CC1CCCN(C(=O)c2cccc(S(=O)(=O)Nc3ccc(Br)cc3)c2)C1. The van der Waals surface area contributed by atoms with Gasteiger partial charge >= 0.3 is 0 Å². The highest BCUT2D eigenvalue weighted by Crippen LogP contribution is 2.22. The number of anilines is 1. The molecule has 1 heterocycles. The third kappa shape index (κ3) is 4.45. The van der Waals surface area contributed by atoms with Gasteiger partial charge in [0.2, 0.25) is 0 Å². The predicted molar refractivity (Wildman–Crippen MR) is 106 cm³/mol. The van der Waals surface area contributed by atoms with Crippen molar-refractivity contribution >= 4 is 37.5 Å². The summed E-state index contributed by atoms with van der Waals surface area (Å²) < 4.78 is 28.7. The molecule has 7 heteroatoms. The smallest absolute Gasteiger partial charge is 0.261 e. The number of hydrogen-bond donors (Lipinski definition) is 1. The van der Waals surface area contributed by atoms with Crippen molar-refractivity contribution in [1.82, 2.24) is 4.90 Å². The van der Waals surface area contributed by atoms with Gasteiger partial charge in [0.25, 0.3) is 15.9 Å². The van der Waals surface area contributed by atoms with E-state index in [-0.39, 0.29) is 10.8 Å². The van der Waals surface area contributed by atoms with E-state index < -0.39 is 10.0 Å². The molecule has 5 nitrogen and oxygen atoms in total. The zero-order chi connectivity index (χ0) is 18.7. The zero-order valence-corrected chi connectivity index (χ0v) is 16.9. The van der Waals surface area contributed by atoms with Gasteiger partial charge in [0.1, 0.15) is 0 Å². The quantitative estimate of drug-likeness (QED) is 0.783. The van der Waals surface area contributed by atoms with Crippen LogP contribution >= 0.6 is 15.9 Å². The molecule has 1 aliphatic heterocycles. The summed E-state index contributed by atoms with van der Waals surface area (Å²) in [7, 11) is -3.76. The van der Waals surface area contributed by atoms with Crippen LogP contribution in [-0.2, 0) is 10.0 Å². The van der Waals surface area contributed by atoms with Crippen molar-refractivity contribution in [2.45, 2.75) is 24.7 Å². The third-order valence-electron chi connectivity index (χ3n) is 4.43. The lowest BCUT2D eigenvalue weighted by Crippen LogP contribution is -2.39. The number of rotatable bonds is 4. The first-order valence-electron chi connectivity index (χ1n) is 8.53. The molecule has 1 aliphatic rings. The summed E-state index contributed by atoms with van der Waals surface area (Å²) in [5.74, 6) is 0.357. The van der Waals surface area contributed by atoms with Crippen LogP contribution in [0.5, 0.6) is 0 Å². The predicted octanol–water partition coefficient (Wildman–Crippen LogP) is 4.12. The molecule has 1 atom stereocenters. The number of carbonyl (C=O) groups is 1. The summed E-state index contributed by atoms with van der Waals surface area (Å²) >= 11 is 3.32. The minimum Gasteiger partial charge on any atom is -0.338 e. The van der Waals surface area contributed by atoms with Crippen molar-refractivity contribution in [3.63, 3.8) is 0 Å². The molecule has 3 rings (SSSR count). The molecule has 0 aliphatic carbocycles. The maximum absolute atomic E-state index is 12.7. The number of likely N-dealkylation sites (tertiary alicyclic amines) is 1. The van der Waals surface area contributed by atoms with E-state index in [1.54, 1.807) is 36.4 Å². The van der Waals surface area contributed by atoms with E-state index in [1.807, 2.05) is 4.90 Å². The number of nitrogens with zero attached hydrogens (tertiary/aromatic N) is 1. The van der Waals surface area contributed by atoms with Gasteiger partial charge in [0, 0.05) is 28.8 Å². The largest absolute Gasteiger partial charge is 0.338 e. The molecule has 1 fully saturated rings. The molecule has 0 spiro atoms. The Bertz CT molecular complexity index is 897. The Balaban J connectivity index is 1.81. The van der Waals surface area contributed by atoms with E-state index in [4.69, 9.17) is 0 Å². The van der Waals surface area contributed by atoms with Gasteiger partial charge < -0.3 is 4.90 Å². The molecule has 0 radical (unpaired) electrons. The Morgan fingerprint density at radius 1 is 1.19 bits per heavy atom. The average Bonchev–Trinajstić information content (AvgIpc) is 2.63. The Morgan fingerprint density at radius 2 is 1.92 bits per heavy atom. The average molecular weight is 437 g/mol. The van der Waals surface area contributed by atoms with E-state index in [0.717, 1.165) is 23.9 Å². The van der Waals surface area contributed by atoms with E-state index in [9.17, 15) is 13.2 Å². The van der Waals surface area contributed by atoms with Crippen LogP contribution in [0.15, 0.2) is 57.9 Å². The fourth-order valence-electron chi connectivity index (χ4n) is 3.08. The molecule has 0 aromatic heterocycles. The van der Waals surface area contributed by atoms with Crippen LogP contribution in [0.25, 0.3) is 0 Å². The van der Waals surface area contributed by atoms with Gasteiger partial charge in [-0.2, -0.15) is 0 Å². The molecule has 2 aromatic carbocycles. The number of halogens is 1. The molecular formula is C19H21BrN2O3S. The fourth-order valence-corrected chi connectivity index (χ4v) is 4.45. The second-order valence-electron chi connectivity index (χ2n) is 6.64. The van der Waals surface area contributed by atoms with E-state index in [0.29, 0.717) is 23.7 Å². The van der Waals surface area contributed by atoms with Crippen LogP contribution in [0.4, 0.5) is 5.69 Å². The molecular weight excluding hydrogens is 416 g/mol. The molecule has 2 aromatic rings. The molecule has 1 unspecified atom stereocenters. The second kappa shape index (κ2) is 7.80. The lowest BCUT2D eigenvalue weighted by atomic mass is 9.99. The van der Waals surface area contributed by atoms with E-state index >= 15 is 0 Å². The summed E-state index contributed by atoms with van der Waals surface area (Å²) in [6.45, 7) is 3.56. The number of hydrogen-bond acceptors (Lipinski definition) is 3. The number of benzene rings is 2. The van der Waals surface area contributed by atoms with Gasteiger partial charge in [0.15, 0.2) is 0 Å². The maximum atomic E-state index is 12.7. The van der Waals surface area contributed by atoms with Crippen LogP contribution in [0.2, 0.25) is 0 Å². The van der Waals surface area contributed by atoms with Gasteiger partial charge in [-0.1, -0.05) is 28.9 Å². The number of amides is 1. The third-order valence-corrected chi connectivity index (χ3v) is 6.34. The lowest BCUT2D eigenvalue weighted by molar-refractivity contribution is 0.0683. The van der Waals surface area contributed by atoms with Gasteiger partial charge in [0.05, 0.1) is 4.90 Å². The highest BCUT2D eigenvalue weighted by atomic mass is 79.9. The molecule has 26 heavy (non-hydrogen) atoms.